The summed E-state index contributed by atoms with van der Waals surface area (Å²) < 4.78 is 5.41. The molecule has 0 aliphatic heterocycles. The molecule has 0 fully saturated rings. The van der Waals surface area contributed by atoms with Crippen LogP contribution in [0.1, 0.15) is 12.0 Å². The molecule has 0 aliphatic rings. The molecule has 1 aromatic carbocycles. The molecular formula is C15H21N3O3. The molecule has 0 saturated carbocycles. The van der Waals surface area contributed by atoms with Crippen LogP contribution >= 0.6 is 0 Å². The van der Waals surface area contributed by atoms with Crippen LogP contribution in [0.15, 0.2) is 24.3 Å². The third-order valence-electron chi connectivity index (χ3n) is 2.80. The van der Waals surface area contributed by atoms with Gasteiger partial charge >= 0.3 is 0 Å². The van der Waals surface area contributed by atoms with E-state index in [2.05, 4.69) is 5.32 Å². The molecule has 0 saturated heterocycles. The van der Waals surface area contributed by atoms with Crippen molar-refractivity contribution in [3.05, 3.63) is 29.8 Å². The van der Waals surface area contributed by atoms with E-state index in [1.54, 1.807) is 38.4 Å². The lowest BCUT2D eigenvalue weighted by atomic mass is 10.2. The van der Waals surface area contributed by atoms with Gasteiger partial charge in [-0.15, -0.1) is 0 Å². The number of nitrogens with one attached hydrogen (secondary N) is 1. The first-order valence-electron chi connectivity index (χ1n) is 6.75. The summed E-state index contributed by atoms with van der Waals surface area (Å²) >= 11 is 0. The second kappa shape index (κ2) is 8.95. The van der Waals surface area contributed by atoms with Crippen LogP contribution in [0.25, 0.3) is 0 Å². The molecule has 0 aromatic heterocycles. The van der Waals surface area contributed by atoms with Gasteiger partial charge in [-0.2, -0.15) is 5.26 Å². The molecule has 21 heavy (non-hydrogen) atoms. The lowest BCUT2D eigenvalue weighted by molar-refractivity contribution is -0.128. The Morgan fingerprint density at radius 1 is 1.52 bits per heavy atom. The van der Waals surface area contributed by atoms with Gasteiger partial charge in [-0.1, -0.05) is 6.07 Å². The zero-order valence-corrected chi connectivity index (χ0v) is 12.4. The molecule has 2 N–H and O–H groups in total. The van der Waals surface area contributed by atoms with Gasteiger partial charge < -0.3 is 20.1 Å². The summed E-state index contributed by atoms with van der Waals surface area (Å²) in [6.07, 6.45) is -0.282. The Bertz CT molecular complexity index is 497. The maximum Gasteiger partial charge on any atom is 0.223 e. The van der Waals surface area contributed by atoms with Crippen molar-refractivity contribution in [2.75, 3.05) is 33.8 Å². The molecule has 6 nitrogen and oxygen atoms in total. The van der Waals surface area contributed by atoms with Crippen molar-refractivity contribution < 1.29 is 14.6 Å². The first kappa shape index (κ1) is 17.0. The smallest absolute Gasteiger partial charge is 0.223 e. The van der Waals surface area contributed by atoms with E-state index in [-0.39, 0.29) is 12.5 Å². The van der Waals surface area contributed by atoms with E-state index in [1.165, 1.54) is 4.90 Å². The zero-order valence-electron chi connectivity index (χ0n) is 12.4. The number of ether oxygens (including phenoxy) is 1. The molecule has 0 heterocycles. The van der Waals surface area contributed by atoms with E-state index >= 15 is 0 Å². The fourth-order valence-corrected chi connectivity index (χ4v) is 1.59. The molecule has 6 heteroatoms. The van der Waals surface area contributed by atoms with Crippen molar-refractivity contribution in [3.63, 3.8) is 0 Å². The van der Waals surface area contributed by atoms with Gasteiger partial charge in [0.2, 0.25) is 5.91 Å². The largest absolute Gasteiger partial charge is 0.491 e. The Labute approximate surface area is 124 Å². The van der Waals surface area contributed by atoms with Crippen LogP contribution in [0.4, 0.5) is 0 Å². The first-order valence-corrected chi connectivity index (χ1v) is 6.75. The van der Waals surface area contributed by atoms with Crippen molar-refractivity contribution in [2.45, 2.75) is 12.5 Å². The SMILES string of the molecule is CN(C)C(=O)CCNCC(O)COc1cccc(C#N)c1. The van der Waals surface area contributed by atoms with Gasteiger partial charge in [0.25, 0.3) is 0 Å². The summed E-state index contributed by atoms with van der Waals surface area (Å²) in [7, 11) is 3.42. The fraction of sp³-hybridized carbons (Fsp3) is 0.467. The van der Waals surface area contributed by atoms with Gasteiger partial charge in [0.05, 0.1) is 11.6 Å². The first-order chi connectivity index (χ1) is 10.0. The van der Waals surface area contributed by atoms with E-state index in [4.69, 9.17) is 10.00 Å². The summed E-state index contributed by atoms with van der Waals surface area (Å²) in [4.78, 5) is 12.9. The Balaban J connectivity index is 2.20. The minimum atomic E-state index is -0.676. The number of nitrogens with zero attached hydrogens (tertiary/aromatic N) is 2. The predicted octanol–water partition coefficient (Wildman–Crippen LogP) is 0.366. The molecule has 0 bridgehead atoms. The second-order valence-corrected chi connectivity index (χ2v) is 4.85. The molecule has 1 aromatic rings. The maximum atomic E-state index is 11.3. The number of aliphatic hydroxyl groups excluding tert-OH is 1. The van der Waals surface area contributed by atoms with Gasteiger partial charge in [0.15, 0.2) is 0 Å². The molecule has 1 unspecified atom stereocenters. The number of carbonyl (C=O) groups excluding carboxylic acids is 1. The predicted molar refractivity (Wildman–Crippen MR) is 78.8 cm³/mol. The molecule has 0 spiro atoms. The third-order valence-corrected chi connectivity index (χ3v) is 2.80. The van der Waals surface area contributed by atoms with Gasteiger partial charge in [0.1, 0.15) is 18.5 Å². The molecule has 1 atom stereocenters. The van der Waals surface area contributed by atoms with Crippen LogP contribution in [0, 0.1) is 11.3 Å². The number of aliphatic hydroxyl groups is 1. The Hall–Kier alpha value is -2.10. The summed E-state index contributed by atoms with van der Waals surface area (Å²) in [6.45, 7) is 0.986. The highest BCUT2D eigenvalue weighted by molar-refractivity contribution is 5.75. The van der Waals surface area contributed by atoms with E-state index in [0.29, 0.717) is 30.8 Å². The molecule has 114 valence electrons. The number of carbonyl (C=O) groups is 1. The van der Waals surface area contributed by atoms with Crippen molar-refractivity contribution in [2.24, 2.45) is 0 Å². The molecule has 1 rings (SSSR count). The second-order valence-electron chi connectivity index (χ2n) is 4.85. The van der Waals surface area contributed by atoms with Crippen LogP contribution in [0.3, 0.4) is 0 Å². The summed E-state index contributed by atoms with van der Waals surface area (Å²) in [6, 6.07) is 8.79. The average molecular weight is 291 g/mol. The number of hydrogen-bond acceptors (Lipinski definition) is 5. The summed E-state index contributed by atoms with van der Waals surface area (Å²) in [5.74, 6) is 0.595. The summed E-state index contributed by atoms with van der Waals surface area (Å²) in [5, 5.41) is 21.5. The Kier molecular flexibility index (Phi) is 7.23. The average Bonchev–Trinajstić information content (AvgIpc) is 2.49. The highest BCUT2D eigenvalue weighted by atomic mass is 16.5. The molecule has 0 aliphatic carbocycles. The highest BCUT2D eigenvalue weighted by Crippen LogP contribution is 2.12. The lowest BCUT2D eigenvalue weighted by Crippen LogP contribution is -2.34. The van der Waals surface area contributed by atoms with Crippen LogP contribution in [-0.2, 0) is 4.79 Å². The van der Waals surface area contributed by atoms with E-state index < -0.39 is 6.10 Å². The van der Waals surface area contributed by atoms with E-state index in [1.807, 2.05) is 6.07 Å². The van der Waals surface area contributed by atoms with E-state index in [9.17, 15) is 9.90 Å². The number of benzene rings is 1. The van der Waals surface area contributed by atoms with Crippen LogP contribution in [-0.4, -0.2) is 55.8 Å². The third kappa shape index (κ3) is 6.75. The number of rotatable bonds is 8. The van der Waals surface area contributed by atoms with Gasteiger partial charge in [-0.25, -0.2) is 0 Å². The lowest BCUT2D eigenvalue weighted by Gasteiger charge is -2.14. The quantitative estimate of drug-likeness (QED) is 0.676. The van der Waals surface area contributed by atoms with Gasteiger partial charge in [-0.3, -0.25) is 4.79 Å². The highest BCUT2D eigenvalue weighted by Gasteiger charge is 2.07. The Morgan fingerprint density at radius 3 is 2.95 bits per heavy atom. The molecule has 1 amide bonds. The molecule has 0 radical (unpaired) electrons. The number of nitriles is 1. The zero-order chi connectivity index (χ0) is 15.7. The monoisotopic (exact) mass is 291 g/mol. The van der Waals surface area contributed by atoms with Crippen molar-refractivity contribution in [1.82, 2.24) is 10.2 Å². The number of hydrogen-bond donors (Lipinski definition) is 2. The fourth-order valence-electron chi connectivity index (χ4n) is 1.59. The van der Waals surface area contributed by atoms with E-state index in [0.717, 1.165) is 0 Å². The van der Waals surface area contributed by atoms with Crippen molar-refractivity contribution in [3.8, 4) is 11.8 Å². The minimum Gasteiger partial charge on any atom is -0.491 e. The van der Waals surface area contributed by atoms with Gasteiger partial charge in [-0.05, 0) is 18.2 Å². The standard InChI is InChI=1S/C15H21N3O3/c1-18(2)15(20)6-7-17-10-13(19)11-21-14-5-3-4-12(8-14)9-16/h3-5,8,13,17,19H,6-7,10-11H2,1-2H3. The van der Waals surface area contributed by atoms with Crippen molar-refractivity contribution in [1.29, 1.82) is 5.26 Å². The van der Waals surface area contributed by atoms with Crippen LogP contribution in [0.5, 0.6) is 5.75 Å². The van der Waals surface area contributed by atoms with Crippen LogP contribution in [0.2, 0.25) is 0 Å². The summed E-state index contributed by atoms with van der Waals surface area (Å²) in [5.41, 5.74) is 0.516. The molecular weight excluding hydrogens is 270 g/mol. The number of amides is 1. The van der Waals surface area contributed by atoms with Crippen LogP contribution < -0.4 is 10.1 Å². The normalized spacial score (nSPS) is 11.5. The topological polar surface area (TPSA) is 85.6 Å². The van der Waals surface area contributed by atoms with Gasteiger partial charge in [0, 0.05) is 33.6 Å². The minimum absolute atomic E-state index is 0.0431. The maximum absolute atomic E-state index is 11.3. The van der Waals surface area contributed by atoms with Crippen molar-refractivity contribution >= 4 is 5.91 Å². The Morgan fingerprint density at radius 2 is 2.29 bits per heavy atom.